The van der Waals surface area contributed by atoms with Crippen molar-refractivity contribution in [2.45, 2.75) is 44.2 Å². The van der Waals surface area contributed by atoms with Crippen LogP contribution in [0.1, 0.15) is 32.1 Å². The highest BCUT2D eigenvalue weighted by atomic mass is 15.3. The fraction of sp³-hybridized carbons (Fsp3) is 0.929. The Kier molecular flexibility index (Phi) is 4.49. The molecular weight excluding hydrogens is 224 g/mol. The maximum absolute atomic E-state index is 4.83. The van der Waals surface area contributed by atoms with E-state index in [2.05, 4.69) is 42.9 Å². The van der Waals surface area contributed by atoms with Gasteiger partial charge in [0.25, 0.3) is 0 Å². The van der Waals surface area contributed by atoms with Crippen molar-refractivity contribution < 1.29 is 0 Å². The van der Waals surface area contributed by atoms with Crippen molar-refractivity contribution in [3.05, 3.63) is 0 Å². The summed E-state index contributed by atoms with van der Waals surface area (Å²) < 4.78 is 0. The van der Waals surface area contributed by atoms with E-state index >= 15 is 0 Å². The Labute approximate surface area is 112 Å². The zero-order valence-corrected chi connectivity index (χ0v) is 12.4. The quantitative estimate of drug-likeness (QED) is 0.561. The maximum Gasteiger partial charge on any atom is 0.195 e. The molecule has 0 N–H and O–H groups in total. The van der Waals surface area contributed by atoms with Gasteiger partial charge < -0.3 is 9.80 Å². The van der Waals surface area contributed by atoms with Gasteiger partial charge >= 0.3 is 0 Å². The van der Waals surface area contributed by atoms with Gasteiger partial charge in [0.05, 0.1) is 6.54 Å². The Morgan fingerprint density at radius 1 is 1.06 bits per heavy atom. The average molecular weight is 252 g/mol. The predicted molar refractivity (Wildman–Crippen MR) is 77.0 cm³/mol. The van der Waals surface area contributed by atoms with Crippen molar-refractivity contribution in [1.82, 2.24) is 14.7 Å². The van der Waals surface area contributed by atoms with Crippen molar-refractivity contribution >= 4 is 5.96 Å². The lowest BCUT2D eigenvalue weighted by Crippen LogP contribution is -2.44. The smallest absolute Gasteiger partial charge is 0.195 e. The van der Waals surface area contributed by atoms with Gasteiger partial charge in [-0.2, -0.15) is 0 Å². The summed E-state index contributed by atoms with van der Waals surface area (Å²) in [5.74, 6) is 1.08. The van der Waals surface area contributed by atoms with Gasteiger partial charge in [0, 0.05) is 40.3 Å². The second-order valence-electron chi connectivity index (χ2n) is 6.05. The lowest BCUT2D eigenvalue weighted by Gasteiger charge is -2.35. The van der Waals surface area contributed by atoms with Crippen LogP contribution in [-0.2, 0) is 0 Å². The van der Waals surface area contributed by atoms with E-state index in [4.69, 9.17) is 4.99 Å². The highest BCUT2D eigenvalue weighted by Gasteiger charge is 2.35. The molecule has 1 saturated heterocycles. The number of hydrogen-bond acceptors (Lipinski definition) is 2. The highest BCUT2D eigenvalue weighted by molar-refractivity contribution is 5.79. The minimum Gasteiger partial charge on any atom is -0.349 e. The molecule has 1 aliphatic carbocycles. The topological polar surface area (TPSA) is 22.1 Å². The lowest BCUT2D eigenvalue weighted by molar-refractivity contribution is 0.144. The number of nitrogens with zero attached hydrogens (tertiary/aromatic N) is 4. The summed E-state index contributed by atoms with van der Waals surface area (Å²) in [5, 5.41) is 0. The summed E-state index contributed by atoms with van der Waals surface area (Å²) in [5.41, 5.74) is 0. The molecule has 1 aliphatic heterocycles. The summed E-state index contributed by atoms with van der Waals surface area (Å²) in [6, 6.07) is 1.56. The zero-order chi connectivity index (χ0) is 13.1. The molecule has 0 aromatic carbocycles. The SMILES string of the molecule is CN(C)C(=NCC1CCCCN1C1CC1)N(C)C. The normalized spacial score (nSPS) is 24.8. The van der Waals surface area contributed by atoms with Crippen LogP contribution in [0.5, 0.6) is 0 Å². The van der Waals surface area contributed by atoms with Gasteiger partial charge in [0.2, 0.25) is 0 Å². The van der Waals surface area contributed by atoms with Gasteiger partial charge in [-0.05, 0) is 32.2 Å². The number of likely N-dealkylation sites (tertiary alicyclic amines) is 1. The van der Waals surface area contributed by atoms with Crippen LogP contribution in [-0.4, -0.2) is 74.0 Å². The van der Waals surface area contributed by atoms with E-state index in [1.54, 1.807) is 0 Å². The van der Waals surface area contributed by atoms with Crippen LogP contribution in [0.4, 0.5) is 0 Å². The molecule has 104 valence electrons. The summed E-state index contributed by atoms with van der Waals surface area (Å²) in [6.07, 6.45) is 6.91. The summed E-state index contributed by atoms with van der Waals surface area (Å²) in [6.45, 7) is 2.26. The second-order valence-corrected chi connectivity index (χ2v) is 6.05. The van der Waals surface area contributed by atoms with Crippen molar-refractivity contribution in [3.63, 3.8) is 0 Å². The first kappa shape index (κ1) is 13.7. The average Bonchev–Trinajstić information content (AvgIpc) is 3.13. The molecule has 0 aromatic rings. The zero-order valence-electron chi connectivity index (χ0n) is 12.4. The van der Waals surface area contributed by atoms with Crippen molar-refractivity contribution in [3.8, 4) is 0 Å². The molecule has 2 aliphatic rings. The van der Waals surface area contributed by atoms with Gasteiger partial charge in [-0.15, -0.1) is 0 Å². The van der Waals surface area contributed by atoms with Crippen LogP contribution < -0.4 is 0 Å². The van der Waals surface area contributed by atoms with Gasteiger partial charge in [-0.3, -0.25) is 9.89 Å². The highest BCUT2D eigenvalue weighted by Crippen LogP contribution is 2.32. The monoisotopic (exact) mass is 252 g/mol. The van der Waals surface area contributed by atoms with Crippen molar-refractivity contribution in [1.29, 1.82) is 0 Å². The Hall–Kier alpha value is -0.770. The van der Waals surface area contributed by atoms with E-state index in [0.717, 1.165) is 18.5 Å². The van der Waals surface area contributed by atoms with Gasteiger partial charge in [-0.1, -0.05) is 6.42 Å². The van der Waals surface area contributed by atoms with E-state index in [9.17, 15) is 0 Å². The molecule has 0 radical (unpaired) electrons. The summed E-state index contributed by atoms with van der Waals surface area (Å²) >= 11 is 0. The third-order valence-electron chi connectivity index (χ3n) is 3.93. The molecule has 0 amide bonds. The Morgan fingerprint density at radius 2 is 1.72 bits per heavy atom. The Balaban J connectivity index is 1.95. The minimum absolute atomic E-state index is 0.682. The van der Waals surface area contributed by atoms with E-state index in [0.29, 0.717) is 6.04 Å². The first-order chi connectivity index (χ1) is 8.59. The largest absolute Gasteiger partial charge is 0.349 e. The molecule has 1 saturated carbocycles. The lowest BCUT2D eigenvalue weighted by atomic mass is 10.0. The van der Waals surface area contributed by atoms with Crippen LogP contribution in [0.3, 0.4) is 0 Å². The molecule has 18 heavy (non-hydrogen) atoms. The number of piperidine rings is 1. The molecule has 0 spiro atoms. The molecule has 0 bridgehead atoms. The third-order valence-corrected chi connectivity index (χ3v) is 3.93. The molecule has 2 rings (SSSR count). The molecule has 4 nitrogen and oxygen atoms in total. The summed E-state index contributed by atoms with van der Waals surface area (Å²) in [4.78, 5) is 11.8. The van der Waals surface area contributed by atoms with Gasteiger partial charge in [-0.25, -0.2) is 0 Å². The number of aliphatic imine (C=N–C) groups is 1. The summed E-state index contributed by atoms with van der Waals surface area (Å²) in [7, 11) is 8.27. The van der Waals surface area contributed by atoms with Crippen LogP contribution >= 0.6 is 0 Å². The molecule has 1 unspecified atom stereocenters. The van der Waals surface area contributed by atoms with Gasteiger partial charge in [0.15, 0.2) is 5.96 Å². The molecule has 1 heterocycles. The van der Waals surface area contributed by atoms with Crippen molar-refractivity contribution in [2.75, 3.05) is 41.3 Å². The number of guanidine groups is 1. The van der Waals surface area contributed by atoms with E-state index < -0.39 is 0 Å². The van der Waals surface area contributed by atoms with Crippen LogP contribution in [0.15, 0.2) is 4.99 Å². The molecule has 4 heteroatoms. The fourth-order valence-corrected chi connectivity index (χ4v) is 2.98. The van der Waals surface area contributed by atoms with Crippen LogP contribution in [0.25, 0.3) is 0 Å². The van der Waals surface area contributed by atoms with Crippen molar-refractivity contribution in [2.24, 2.45) is 4.99 Å². The van der Waals surface area contributed by atoms with E-state index in [1.165, 1.54) is 38.6 Å². The second kappa shape index (κ2) is 5.91. The maximum atomic E-state index is 4.83. The predicted octanol–water partition coefficient (Wildman–Crippen LogP) is 1.48. The first-order valence-electron chi connectivity index (χ1n) is 7.24. The first-order valence-corrected chi connectivity index (χ1v) is 7.24. The molecular formula is C14H28N4. The number of rotatable bonds is 3. The molecule has 0 aromatic heterocycles. The van der Waals surface area contributed by atoms with Crippen LogP contribution in [0, 0.1) is 0 Å². The van der Waals surface area contributed by atoms with Crippen LogP contribution in [0.2, 0.25) is 0 Å². The Morgan fingerprint density at radius 3 is 2.28 bits per heavy atom. The standard InChI is InChI=1S/C14H28N4/c1-16(2)14(17(3)4)15-11-13-7-5-6-10-18(13)12-8-9-12/h12-13H,5-11H2,1-4H3. The van der Waals surface area contributed by atoms with E-state index in [1.807, 2.05) is 0 Å². The molecule has 2 fully saturated rings. The molecule has 1 atom stereocenters. The fourth-order valence-electron chi connectivity index (χ4n) is 2.98. The number of hydrogen-bond donors (Lipinski definition) is 0. The van der Waals surface area contributed by atoms with E-state index in [-0.39, 0.29) is 0 Å². The van der Waals surface area contributed by atoms with Gasteiger partial charge in [0.1, 0.15) is 0 Å². The minimum atomic E-state index is 0.682. The Bertz CT molecular complexity index is 284. The third kappa shape index (κ3) is 3.37.